The fourth-order valence-electron chi connectivity index (χ4n) is 1.57. The molecule has 0 amide bonds. The van der Waals surface area contributed by atoms with Gasteiger partial charge in [0.05, 0.1) is 0 Å². The molecule has 1 N–H and O–H groups in total. The fraction of sp³-hybridized carbons (Fsp3) is 0.250. The molecule has 0 atom stereocenters. The number of pyridine rings is 1. The molecule has 102 valence electrons. The van der Waals surface area contributed by atoms with Crippen molar-refractivity contribution in [3.05, 3.63) is 48.0 Å². The van der Waals surface area contributed by atoms with Gasteiger partial charge in [0.25, 0.3) is 10.0 Å². The van der Waals surface area contributed by atoms with Crippen LogP contribution in [-0.2, 0) is 23.2 Å². The summed E-state index contributed by atoms with van der Waals surface area (Å²) in [6, 6.07) is 6.26. The smallest absolute Gasteiger partial charge is 0.276 e. The van der Waals surface area contributed by atoms with E-state index in [2.05, 4.69) is 4.98 Å². The molecule has 2 rings (SSSR count). The summed E-state index contributed by atoms with van der Waals surface area (Å²) >= 11 is 0. The highest BCUT2D eigenvalue weighted by Crippen LogP contribution is 2.19. The summed E-state index contributed by atoms with van der Waals surface area (Å²) < 4.78 is 30.6. The molecule has 0 aromatic carbocycles. The van der Waals surface area contributed by atoms with E-state index in [1.54, 1.807) is 24.5 Å². The van der Waals surface area contributed by atoms with Crippen LogP contribution >= 0.6 is 0 Å². The first-order chi connectivity index (χ1) is 9.04. The number of sulfonamides is 1. The molecular weight excluding hydrogens is 268 g/mol. The summed E-state index contributed by atoms with van der Waals surface area (Å²) in [5, 5.41) is 8.71. The predicted octanol–water partition coefficient (Wildman–Crippen LogP) is 0.988. The van der Waals surface area contributed by atoms with E-state index in [1.807, 2.05) is 0 Å². The molecule has 0 spiro atoms. The first-order valence-corrected chi connectivity index (χ1v) is 7.03. The average Bonchev–Trinajstić information content (AvgIpc) is 2.89. The Kier molecular flexibility index (Phi) is 3.98. The van der Waals surface area contributed by atoms with Crippen molar-refractivity contribution in [2.45, 2.75) is 18.2 Å². The quantitative estimate of drug-likeness (QED) is 0.884. The predicted molar refractivity (Wildman–Crippen MR) is 67.5 cm³/mol. The summed E-state index contributed by atoms with van der Waals surface area (Å²) in [4.78, 5) is 3.87. The highest BCUT2D eigenvalue weighted by Gasteiger charge is 2.24. The van der Waals surface area contributed by atoms with Crippen molar-refractivity contribution in [1.29, 1.82) is 0 Å². The lowest BCUT2D eigenvalue weighted by Gasteiger charge is -2.15. The number of rotatable bonds is 5. The van der Waals surface area contributed by atoms with E-state index in [-0.39, 0.29) is 24.0 Å². The summed E-state index contributed by atoms with van der Waals surface area (Å²) in [6.07, 6.45) is 3.21. The summed E-state index contributed by atoms with van der Waals surface area (Å²) in [5.74, 6) is 0.218. The van der Waals surface area contributed by atoms with Crippen molar-refractivity contribution in [3.8, 4) is 0 Å². The molecule has 0 aliphatic heterocycles. The largest absolute Gasteiger partial charge is 0.446 e. The third-order valence-corrected chi connectivity index (χ3v) is 4.29. The van der Waals surface area contributed by atoms with E-state index in [0.717, 1.165) is 5.56 Å². The zero-order chi connectivity index (χ0) is 13.9. The number of hydrogen-bond acceptors (Lipinski definition) is 5. The van der Waals surface area contributed by atoms with Crippen LogP contribution in [0.2, 0.25) is 0 Å². The van der Waals surface area contributed by atoms with Crippen LogP contribution in [0.15, 0.2) is 46.2 Å². The molecule has 0 saturated carbocycles. The minimum Gasteiger partial charge on any atom is -0.446 e. The van der Waals surface area contributed by atoms with E-state index >= 15 is 0 Å². The zero-order valence-electron chi connectivity index (χ0n) is 10.4. The van der Waals surface area contributed by atoms with Crippen LogP contribution in [0.5, 0.6) is 0 Å². The van der Waals surface area contributed by atoms with Crippen molar-refractivity contribution in [2.24, 2.45) is 0 Å². The maximum Gasteiger partial charge on any atom is 0.276 e. The van der Waals surface area contributed by atoms with Crippen molar-refractivity contribution in [2.75, 3.05) is 7.05 Å². The van der Waals surface area contributed by atoms with Crippen LogP contribution in [0.25, 0.3) is 0 Å². The van der Waals surface area contributed by atoms with Crippen molar-refractivity contribution in [1.82, 2.24) is 9.29 Å². The second-order valence-corrected chi connectivity index (χ2v) is 5.97. The second-order valence-electron chi connectivity index (χ2n) is 4.00. The summed E-state index contributed by atoms with van der Waals surface area (Å²) in [7, 11) is -2.22. The molecule has 2 aromatic rings. The van der Waals surface area contributed by atoms with E-state index in [0.29, 0.717) is 0 Å². The van der Waals surface area contributed by atoms with Gasteiger partial charge in [-0.2, -0.15) is 4.31 Å². The molecule has 0 saturated heterocycles. The Labute approximate surface area is 111 Å². The maximum absolute atomic E-state index is 12.2. The van der Waals surface area contributed by atoms with Gasteiger partial charge >= 0.3 is 0 Å². The number of hydrogen-bond donors (Lipinski definition) is 1. The normalized spacial score (nSPS) is 11.9. The lowest BCUT2D eigenvalue weighted by molar-refractivity contribution is 0.235. The third-order valence-electron chi connectivity index (χ3n) is 2.61. The van der Waals surface area contributed by atoms with Crippen LogP contribution in [0, 0.1) is 0 Å². The highest BCUT2D eigenvalue weighted by molar-refractivity contribution is 7.88. The van der Waals surface area contributed by atoms with Crippen molar-refractivity contribution in [3.63, 3.8) is 0 Å². The number of aliphatic hydroxyl groups is 1. The zero-order valence-corrected chi connectivity index (χ0v) is 11.2. The minimum absolute atomic E-state index is 0.173. The summed E-state index contributed by atoms with van der Waals surface area (Å²) in [5.41, 5.74) is 0.829. The molecule has 0 bridgehead atoms. The lowest BCUT2D eigenvalue weighted by atomic mass is 10.3. The van der Waals surface area contributed by atoms with Gasteiger partial charge in [0.15, 0.2) is 0 Å². The SMILES string of the molecule is CN(Cc1ccncc1)S(=O)(=O)c1ccc(CO)o1. The van der Waals surface area contributed by atoms with Crippen molar-refractivity contribution < 1.29 is 17.9 Å². The van der Waals surface area contributed by atoms with Gasteiger partial charge in [0, 0.05) is 26.0 Å². The maximum atomic E-state index is 12.2. The van der Waals surface area contributed by atoms with Gasteiger partial charge in [0.1, 0.15) is 12.4 Å². The molecular formula is C12H14N2O4S. The van der Waals surface area contributed by atoms with Crippen LogP contribution in [0.4, 0.5) is 0 Å². The van der Waals surface area contributed by atoms with Gasteiger partial charge in [-0.1, -0.05) is 0 Å². The Morgan fingerprint density at radius 2 is 1.95 bits per heavy atom. The molecule has 2 heterocycles. The number of aromatic nitrogens is 1. The Balaban J connectivity index is 2.19. The monoisotopic (exact) mass is 282 g/mol. The van der Waals surface area contributed by atoms with Gasteiger partial charge in [-0.05, 0) is 29.8 Å². The third kappa shape index (κ3) is 3.01. The van der Waals surface area contributed by atoms with Crippen molar-refractivity contribution >= 4 is 10.0 Å². The molecule has 0 aliphatic carbocycles. The Morgan fingerprint density at radius 1 is 1.26 bits per heavy atom. The minimum atomic E-state index is -3.69. The molecule has 0 fully saturated rings. The molecule has 0 radical (unpaired) electrons. The van der Waals surface area contributed by atoms with E-state index in [9.17, 15) is 8.42 Å². The number of nitrogens with zero attached hydrogens (tertiary/aromatic N) is 2. The first-order valence-electron chi connectivity index (χ1n) is 5.59. The standard InChI is InChI=1S/C12H14N2O4S/c1-14(8-10-4-6-13-7-5-10)19(16,17)12-3-2-11(9-15)18-12/h2-7,15H,8-9H2,1H3. The Bertz CT molecular complexity index is 637. The van der Waals surface area contributed by atoms with Gasteiger partial charge in [-0.3, -0.25) is 4.98 Å². The van der Waals surface area contributed by atoms with Crippen LogP contribution in [0.3, 0.4) is 0 Å². The highest BCUT2D eigenvalue weighted by atomic mass is 32.2. The molecule has 0 unspecified atom stereocenters. The lowest BCUT2D eigenvalue weighted by Crippen LogP contribution is -2.26. The fourth-order valence-corrected chi connectivity index (χ4v) is 2.64. The first kappa shape index (κ1) is 13.7. The van der Waals surface area contributed by atoms with E-state index in [4.69, 9.17) is 9.52 Å². The van der Waals surface area contributed by atoms with Crippen LogP contribution in [0.1, 0.15) is 11.3 Å². The second kappa shape index (κ2) is 5.52. The molecule has 19 heavy (non-hydrogen) atoms. The molecule has 7 heteroatoms. The topological polar surface area (TPSA) is 83.6 Å². The van der Waals surface area contributed by atoms with E-state index in [1.165, 1.54) is 23.5 Å². The van der Waals surface area contributed by atoms with Gasteiger partial charge in [-0.15, -0.1) is 0 Å². The van der Waals surface area contributed by atoms with Gasteiger partial charge in [0.2, 0.25) is 5.09 Å². The average molecular weight is 282 g/mol. The number of furan rings is 1. The van der Waals surface area contributed by atoms with Gasteiger partial charge < -0.3 is 9.52 Å². The Morgan fingerprint density at radius 3 is 2.53 bits per heavy atom. The molecule has 6 nitrogen and oxygen atoms in total. The molecule has 2 aromatic heterocycles. The van der Waals surface area contributed by atoms with E-state index < -0.39 is 10.0 Å². The van der Waals surface area contributed by atoms with Crippen LogP contribution in [-0.4, -0.2) is 29.9 Å². The number of aliphatic hydroxyl groups excluding tert-OH is 1. The summed E-state index contributed by atoms with van der Waals surface area (Å²) in [6.45, 7) is -0.108. The van der Waals surface area contributed by atoms with Gasteiger partial charge in [-0.25, -0.2) is 8.42 Å². The van der Waals surface area contributed by atoms with Crippen LogP contribution < -0.4 is 0 Å². The molecule has 0 aliphatic rings. The Hall–Kier alpha value is -1.70.